The number of hydrogen-bond donors (Lipinski definition) is 3. The molecular weight excluding hydrogens is 328 g/mol. The van der Waals surface area contributed by atoms with Gasteiger partial charge in [0.2, 0.25) is 0 Å². The molecule has 2 aromatic carbocycles. The van der Waals surface area contributed by atoms with Crippen LogP contribution in [0.2, 0.25) is 20.1 Å². The van der Waals surface area contributed by atoms with Gasteiger partial charge >= 0.3 is 0 Å². The summed E-state index contributed by atoms with van der Waals surface area (Å²) in [5.74, 6) is 0. The molecule has 0 aliphatic carbocycles. The number of nitrogen functional groups attached to an aromatic ring is 1. The first-order chi connectivity index (χ1) is 8.97. The van der Waals surface area contributed by atoms with Crippen LogP contribution < -0.4 is 16.6 Å². The molecule has 0 aromatic heterocycles. The zero-order valence-corrected chi connectivity index (χ0v) is 12.5. The molecule has 0 unspecified atom stereocenters. The molecule has 100 valence electrons. The van der Waals surface area contributed by atoms with Crippen LogP contribution in [0.1, 0.15) is 0 Å². The van der Waals surface area contributed by atoms with E-state index >= 15 is 0 Å². The maximum Gasteiger partial charge on any atom is 0.0823 e. The van der Waals surface area contributed by atoms with Crippen molar-refractivity contribution in [2.24, 2.45) is 0 Å². The van der Waals surface area contributed by atoms with Gasteiger partial charge in [-0.05, 0) is 30.3 Å². The Morgan fingerprint density at radius 2 is 1.37 bits per heavy atom. The van der Waals surface area contributed by atoms with Gasteiger partial charge in [0.05, 0.1) is 37.2 Å². The van der Waals surface area contributed by atoms with E-state index in [9.17, 15) is 0 Å². The van der Waals surface area contributed by atoms with Crippen LogP contribution in [-0.4, -0.2) is 0 Å². The highest BCUT2D eigenvalue weighted by molar-refractivity contribution is 6.44. The molecule has 2 rings (SSSR count). The lowest BCUT2D eigenvalue weighted by Crippen LogP contribution is -2.09. The molecule has 3 nitrogen and oxygen atoms in total. The van der Waals surface area contributed by atoms with E-state index in [1.54, 1.807) is 30.3 Å². The van der Waals surface area contributed by atoms with E-state index in [0.717, 1.165) is 5.69 Å². The maximum absolute atomic E-state index is 5.93. The lowest BCUT2D eigenvalue weighted by atomic mass is 10.3. The van der Waals surface area contributed by atoms with Crippen molar-refractivity contribution in [3.63, 3.8) is 0 Å². The van der Waals surface area contributed by atoms with Crippen LogP contribution in [0, 0.1) is 0 Å². The van der Waals surface area contributed by atoms with Gasteiger partial charge in [0.1, 0.15) is 0 Å². The summed E-state index contributed by atoms with van der Waals surface area (Å²) < 4.78 is 0. The van der Waals surface area contributed by atoms with Crippen molar-refractivity contribution in [1.29, 1.82) is 0 Å². The zero-order chi connectivity index (χ0) is 14.0. The number of rotatable bonds is 3. The summed E-state index contributed by atoms with van der Waals surface area (Å²) in [5.41, 5.74) is 13.4. The molecule has 7 heteroatoms. The first kappa shape index (κ1) is 14.4. The van der Waals surface area contributed by atoms with Gasteiger partial charge in [-0.1, -0.05) is 46.4 Å². The third-order valence-electron chi connectivity index (χ3n) is 2.33. The number of hydrogen-bond acceptors (Lipinski definition) is 3. The van der Waals surface area contributed by atoms with Crippen molar-refractivity contribution in [3.05, 3.63) is 50.4 Å². The van der Waals surface area contributed by atoms with Crippen LogP contribution in [0.4, 0.5) is 17.1 Å². The first-order valence-electron chi connectivity index (χ1n) is 5.19. The number of hydrazine groups is 1. The van der Waals surface area contributed by atoms with Gasteiger partial charge in [0, 0.05) is 0 Å². The second-order valence-corrected chi connectivity index (χ2v) is 5.34. The maximum atomic E-state index is 5.93. The topological polar surface area (TPSA) is 50.1 Å². The molecule has 0 aliphatic rings. The largest absolute Gasteiger partial charge is 0.397 e. The Balaban J connectivity index is 2.12. The average molecular weight is 337 g/mol. The van der Waals surface area contributed by atoms with Crippen molar-refractivity contribution in [3.8, 4) is 0 Å². The van der Waals surface area contributed by atoms with Crippen molar-refractivity contribution in [2.45, 2.75) is 0 Å². The van der Waals surface area contributed by atoms with Crippen molar-refractivity contribution in [2.75, 3.05) is 16.6 Å². The predicted octanol–water partition coefficient (Wildman–Crippen LogP) is 5.32. The molecular formula is C12H9Cl4N3. The van der Waals surface area contributed by atoms with Crippen LogP contribution in [0.5, 0.6) is 0 Å². The van der Waals surface area contributed by atoms with Crippen LogP contribution in [0.3, 0.4) is 0 Å². The highest BCUT2D eigenvalue weighted by Gasteiger charge is 2.05. The summed E-state index contributed by atoms with van der Waals surface area (Å²) >= 11 is 23.5. The number of nitrogens with one attached hydrogen (secondary N) is 2. The lowest BCUT2D eigenvalue weighted by molar-refractivity contribution is 1.41. The quantitative estimate of drug-likeness (QED) is 0.525. The third-order valence-corrected chi connectivity index (χ3v) is 3.88. The lowest BCUT2D eigenvalue weighted by Gasteiger charge is -2.12. The van der Waals surface area contributed by atoms with E-state index < -0.39 is 0 Å². The van der Waals surface area contributed by atoms with Crippen LogP contribution in [-0.2, 0) is 0 Å². The van der Waals surface area contributed by atoms with Gasteiger partial charge in [-0.15, -0.1) is 0 Å². The summed E-state index contributed by atoms with van der Waals surface area (Å²) in [5, 5.41) is 1.66. The number of anilines is 3. The highest BCUT2D eigenvalue weighted by atomic mass is 35.5. The van der Waals surface area contributed by atoms with Crippen LogP contribution in [0.25, 0.3) is 0 Å². The van der Waals surface area contributed by atoms with Gasteiger partial charge in [0.25, 0.3) is 0 Å². The zero-order valence-electron chi connectivity index (χ0n) is 9.48. The standard InChI is InChI=1S/C12H9Cl4N3/c13-8-2-1-6(3-9(8)14)18-19-7-4-10(15)12(16)11(17)5-7/h1-5,18-19H,17H2. The Labute approximate surface area is 130 Å². The molecule has 4 N–H and O–H groups in total. The molecule has 0 spiro atoms. The molecule has 0 heterocycles. The van der Waals surface area contributed by atoms with E-state index in [4.69, 9.17) is 52.1 Å². The van der Waals surface area contributed by atoms with Gasteiger partial charge in [-0.3, -0.25) is 0 Å². The normalized spacial score (nSPS) is 10.3. The molecule has 0 aliphatic heterocycles. The fraction of sp³-hybridized carbons (Fsp3) is 0. The second kappa shape index (κ2) is 5.97. The highest BCUT2D eigenvalue weighted by Crippen LogP contribution is 2.31. The Kier molecular flexibility index (Phi) is 4.53. The van der Waals surface area contributed by atoms with Crippen molar-refractivity contribution < 1.29 is 0 Å². The molecule has 19 heavy (non-hydrogen) atoms. The minimum Gasteiger partial charge on any atom is -0.397 e. The van der Waals surface area contributed by atoms with Gasteiger partial charge in [0.15, 0.2) is 0 Å². The molecule has 0 bridgehead atoms. The first-order valence-corrected chi connectivity index (χ1v) is 6.70. The SMILES string of the molecule is Nc1cc(NNc2ccc(Cl)c(Cl)c2)cc(Cl)c1Cl. The average Bonchev–Trinajstić information content (AvgIpc) is 2.37. The van der Waals surface area contributed by atoms with Crippen LogP contribution >= 0.6 is 46.4 Å². The Hall–Kier alpha value is -1.000. The minimum atomic E-state index is 0.335. The molecule has 0 atom stereocenters. The summed E-state index contributed by atoms with van der Waals surface area (Å²) in [6.45, 7) is 0. The number of nitrogens with two attached hydrogens (primary N) is 1. The Bertz CT molecular complexity index is 593. The molecule has 0 amide bonds. The van der Waals surface area contributed by atoms with Crippen LogP contribution in [0.15, 0.2) is 30.3 Å². The molecule has 0 radical (unpaired) electrons. The van der Waals surface area contributed by atoms with E-state index in [1.165, 1.54) is 0 Å². The van der Waals surface area contributed by atoms with Crippen molar-refractivity contribution in [1.82, 2.24) is 0 Å². The third kappa shape index (κ3) is 3.51. The van der Waals surface area contributed by atoms with Crippen molar-refractivity contribution >= 4 is 63.5 Å². The van der Waals surface area contributed by atoms with E-state index in [-0.39, 0.29) is 0 Å². The summed E-state index contributed by atoms with van der Waals surface area (Å²) in [7, 11) is 0. The van der Waals surface area contributed by atoms with Gasteiger partial charge < -0.3 is 16.6 Å². The second-order valence-electron chi connectivity index (χ2n) is 3.74. The monoisotopic (exact) mass is 335 g/mol. The van der Waals surface area contributed by atoms with E-state index in [0.29, 0.717) is 31.5 Å². The number of benzene rings is 2. The van der Waals surface area contributed by atoms with E-state index in [2.05, 4.69) is 10.9 Å². The summed E-state index contributed by atoms with van der Waals surface area (Å²) in [6, 6.07) is 8.49. The Morgan fingerprint density at radius 1 is 0.737 bits per heavy atom. The molecule has 0 fully saturated rings. The summed E-state index contributed by atoms with van der Waals surface area (Å²) in [6.07, 6.45) is 0. The van der Waals surface area contributed by atoms with Gasteiger partial charge in [-0.25, -0.2) is 0 Å². The van der Waals surface area contributed by atoms with Gasteiger partial charge in [-0.2, -0.15) is 0 Å². The summed E-state index contributed by atoms with van der Waals surface area (Å²) in [4.78, 5) is 0. The predicted molar refractivity (Wildman–Crippen MR) is 84.6 cm³/mol. The molecule has 0 saturated heterocycles. The number of halogens is 4. The fourth-order valence-corrected chi connectivity index (χ4v) is 2.03. The smallest absolute Gasteiger partial charge is 0.0823 e. The van der Waals surface area contributed by atoms with E-state index in [1.807, 2.05) is 0 Å². The minimum absolute atomic E-state index is 0.335. The molecule has 2 aromatic rings. The molecule has 0 saturated carbocycles. The fourth-order valence-electron chi connectivity index (χ4n) is 1.40. The Morgan fingerprint density at radius 3 is 2.00 bits per heavy atom.